The SMILES string of the molecule is COc1cc(F)ccc1-c1c(-c2cn[nH]c2)nc(OC)c2ncsc12. The standard InChI is InChI=1S/C17H13FN4O2S/c1-23-12-5-10(18)3-4-11(12)13-14(9-6-20-21-7-9)22-17(24-2)15-16(13)25-8-19-15/h3-8H,1-2H3,(H,20,21). The van der Waals surface area contributed by atoms with E-state index >= 15 is 0 Å². The number of benzene rings is 1. The minimum absolute atomic E-state index is 0.368. The fraction of sp³-hybridized carbons (Fsp3) is 0.118. The van der Waals surface area contributed by atoms with Crippen LogP contribution in [-0.2, 0) is 0 Å². The molecule has 0 aliphatic heterocycles. The largest absolute Gasteiger partial charge is 0.496 e. The lowest BCUT2D eigenvalue weighted by Crippen LogP contribution is -1.97. The molecule has 126 valence electrons. The number of rotatable bonds is 4. The van der Waals surface area contributed by atoms with Crippen LogP contribution < -0.4 is 9.47 Å². The molecule has 1 aromatic carbocycles. The van der Waals surface area contributed by atoms with Crippen molar-refractivity contribution < 1.29 is 13.9 Å². The number of ether oxygens (including phenoxy) is 2. The maximum atomic E-state index is 13.7. The summed E-state index contributed by atoms with van der Waals surface area (Å²) in [5.74, 6) is 0.483. The number of aromatic amines is 1. The summed E-state index contributed by atoms with van der Waals surface area (Å²) < 4.78 is 25.3. The highest BCUT2D eigenvalue weighted by Gasteiger charge is 2.22. The van der Waals surface area contributed by atoms with Crippen LogP contribution in [0.15, 0.2) is 36.1 Å². The van der Waals surface area contributed by atoms with Gasteiger partial charge >= 0.3 is 0 Å². The molecule has 6 nitrogen and oxygen atoms in total. The molecule has 0 unspecified atom stereocenters. The van der Waals surface area contributed by atoms with Gasteiger partial charge in [-0.1, -0.05) is 0 Å². The van der Waals surface area contributed by atoms with Gasteiger partial charge in [0.15, 0.2) is 0 Å². The Morgan fingerprint density at radius 3 is 2.80 bits per heavy atom. The number of methoxy groups -OCH3 is 2. The number of H-pyrrole nitrogens is 1. The van der Waals surface area contributed by atoms with Crippen molar-refractivity contribution in [3.8, 4) is 34.0 Å². The second-order valence-corrected chi connectivity index (χ2v) is 6.06. The van der Waals surface area contributed by atoms with Gasteiger partial charge in [0.2, 0.25) is 5.88 Å². The van der Waals surface area contributed by atoms with Gasteiger partial charge in [-0.2, -0.15) is 5.10 Å². The first-order valence-electron chi connectivity index (χ1n) is 7.37. The number of hydrogen-bond acceptors (Lipinski definition) is 6. The molecule has 0 saturated carbocycles. The van der Waals surface area contributed by atoms with Crippen LogP contribution in [0.4, 0.5) is 4.39 Å². The van der Waals surface area contributed by atoms with E-state index in [1.165, 1.54) is 30.6 Å². The van der Waals surface area contributed by atoms with Crippen molar-refractivity contribution in [2.75, 3.05) is 14.2 Å². The van der Waals surface area contributed by atoms with Crippen LogP contribution in [-0.4, -0.2) is 34.4 Å². The molecule has 25 heavy (non-hydrogen) atoms. The average Bonchev–Trinajstić information content (AvgIpc) is 3.32. The molecule has 0 amide bonds. The molecule has 0 fully saturated rings. The number of halogens is 1. The zero-order valence-corrected chi connectivity index (χ0v) is 14.2. The number of thiazole rings is 1. The third kappa shape index (κ3) is 2.51. The summed E-state index contributed by atoms with van der Waals surface area (Å²) in [4.78, 5) is 8.98. The van der Waals surface area contributed by atoms with Gasteiger partial charge in [0, 0.05) is 29.0 Å². The van der Waals surface area contributed by atoms with Crippen LogP contribution in [0.2, 0.25) is 0 Å². The predicted octanol–water partition coefficient (Wildman–Crippen LogP) is 3.90. The van der Waals surface area contributed by atoms with Crippen LogP contribution in [0.25, 0.3) is 32.6 Å². The average molecular weight is 356 g/mol. The lowest BCUT2D eigenvalue weighted by atomic mass is 9.99. The summed E-state index contributed by atoms with van der Waals surface area (Å²) in [5.41, 5.74) is 5.36. The number of fused-ring (bicyclic) bond motifs is 1. The molecule has 0 atom stereocenters. The Morgan fingerprint density at radius 1 is 1.20 bits per heavy atom. The van der Waals surface area contributed by atoms with E-state index in [-0.39, 0.29) is 5.82 Å². The van der Waals surface area contributed by atoms with E-state index in [1.54, 1.807) is 31.1 Å². The fourth-order valence-electron chi connectivity index (χ4n) is 2.75. The number of nitrogens with one attached hydrogen (secondary N) is 1. The molecule has 0 bridgehead atoms. The lowest BCUT2D eigenvalue weighted by molar-refractivity contribution is 0.403. The Labute approximate surface area is 146 Å². The minimum atomic E-state index is -0.368. The molecule has 0 spiro atoms. The van der Waals surface area contributed by atoms with Crippen LogP contribution >= 0.6 is 11.3 Å². The van der Waals surface area contributed by atoms with E-state index in [4.69, 9.17) is 9.47 Å². The van der Waals surface area contributed by atoms with E-state index in [0.29, 0.717) is 22.8 Å². The number of nitrogens with zero attached hydrogens (tertiary/aromatic N) is 3. The van der Waals surface area contributed by atoms with Crippen LogP contribution in [0.1, 0.15) is 0 Å². The van der Waals surface area contributed by atoms with Crippen molar-refractivity contribution in [3.63, 3.8) is 0 Å². The molecule has 4 aromatic rings. The third-order valence-electron chi connectivity index (χ3n) is 3.85. The highest BCUT2D eigenvalue weighted by Crippen LogP contribution is 2.44. The molecule has 3 aromatic heterocycles. The quantitative estimate of drug-likeness (QED) is 0.600. The summed E-state index contributed by atoms with van der Waals surface area (Å²) in [5, 5.41) is 6.79. The smallest absolute Gasteiger partial charge is 0.241 e. The van der Waals surface area contributed by atoms with Crippen LogP contribution in [0.5, 0.6) is 11.6 Å². The summed E-state index contributed by atoms with van der Waals surface area (Å²) in [6, 6.07) is 4.43. The Hall–Kier alpha value is -3.00. The second kappa shape index (κ2) is 6.14. The van der Waals surface area contributed by atoms with E-state index in [9.17, 15) is 4.39 Å². The van der Waals surface area contributed by atoms with Gasteiger partial charge < -0.3 is 9.47 Å². The Kier molecular flexibility index (Phi) is 3.81. The summed E-state index contributed by atoms with van der Waals surface area (Å²) in [7, 11) is 3.06. The summed E-state index contributed by atoms with van der Waals surface area (Å²) in [6.45, 7) is 0. The lowest BCUT2D eigenvalue weighted by Gasteiger charge is -2.14. The first-order valence-corrected chi connectivity index (χ1v) is 8.25. The first-order chi connectivity index (χ1) is 12.2. The number of pyridine rings is 1. The molecule has 0 aliphatic carbocycles. The van der Waals surface area contributed by atoms with Crippen molar-refractivity contribution in [3.05, 3.63) is 41.9 Å². The molecule has 1 N–H and O–H groups in total. The highest BCUT2D eigenvalue weighted by molar-refractivity contribution is 7.17. The van der Waals surface area contributed by atoms with E-state index in [0.717, 1.165) is 21.4 Å². The zero-order valence-electron chi connectivity index (χ0n) is 13.4. The zero-order chi connectivity index (χ0) is 17.4. The van der Waals surface area contributed by atoms with Crippen LogP contribution in [0.3, 0.4) is 0 Å². The number of aromatic nitrogens is 4. The monoisotopic (exact) mass is 356 g/mol. The van der Waals surface area contributed by atoms with Gasteiger partial charge in [0.1, 0.15) is 17.1 Å². The van der Waals surface area contributed by atoms with Crippen molar-refractivity contribution in [2.45, 2.75) is 0 Å². The summed E-state index contributed by atoms with van der Waals surface area (Å²) >= 11 is 1.46. The second-order valence-electron chi connectivity index (χ2n) is 5.21. The highest BCUT2D eigenvalue weighted by atomic mass is 32.1. The van der Waals surface area contributed by atoms with Gasteiger partial charge in [-0.25, -0.2) is 14.4 Å². The van der Waals surface area contributed by atoms with Gasteiger partial charge in [0.25, 0.3) is 0 Å². The topological polar surface area (TPSA) is 72.9 Å². The number of hydrogen-bond donors (Lipinski definition) is 1. The van der Waals surface area contributed by atoms with Crippen molar-refractivity contribution in [1.82, 2.24) is 20.2 Å². The molecule has 0 aliphatic rings. The molecular formula is C17H13FN4O2S. The first kappa shape index (κ1) is 15.5. The predicted molar refractivity (Wildman–Crippen MR) is 93.5 cm³/mol. The maximum absolute atomic E-state index is 13.7. The molecule has 4 rings (SSSR count). The van der Waals surface area contributed by atoms with Crippen molar-refractivity contribution in [2.24, 2.45) is 0 Å². The Bertz CT molecular complexity index is 1050. The van der Waals surface area contributed by atoms with Gasteiger partial charge in [-0.05, 0) is 12.1 Å². The molecule has 0 radical (unpaired) electrons. The maximum Gasteiger partial charge on any atom is 0.241 e. The Morgan fingerprint density at radius 2 is 2.08 bits per heavy atom. The third-order valence-corrected chi connectivity index (χ3v) is 4.69. The molecular weight excluding hydrogens is 343 g/mol. The van der Waals surface area contributed by atoms with Gasteiger partial charge in [0.05, 0.1) is 36.3 Å². The molecule has 3 heterocycles. The Balaban J connectivity index is 2.12. The van der Waals surface area contributed by atoms with E-state index < -0.39 is 0 Å². The molecule has 0 saturated heterocycles. The van der Waals surface area contributed by atoms with E-state index in [1.807, 2.05) is 0 Å². The van der Waals surface area contributed by atoms with Gasteiger partial charge in [-0.3, -0.25) is 5.10 Å². The fourth-order valence-corrected chi connectivity index (χ4v) is 3.59. The molecule has 8 heteroatoms. The van der Waals surface area contributed by atoms with Crippen molar-refractivity contribution in [1.29, 1.82) is 0 Å². The van der Waals surface area contributed by atoms with Crippen LogP contribution in [0, 0.1) is 5.82 Å². The van der Waals surface area contributed by atoms with Gasteiger partial charge in [-0.15, -0.1) is 11.3 Å². The van der Waals surface area contributed by atoms with E-state index in [2.05, 4.69) is 20.2 Å². The van der Waals surface area contributed by atoms with Crippen molar-refractivity contribution >= 4 is 21.6 Å². The normalized spacial score (nSPS) is 11.0. The minimum Gasteiger partial charge on any atom is -0.496 e. The summed E-state index contributed by atoms with van der Waals surface area (Å²) in [6.07, 6.45) is 3.42.